The molecule has 0 aromatic rings. The number of alkyl halides is 6. The Morgan fingerprint density at radius 2 is 0.706 bits per heavy atom. The predicted molar refractivity (Wildman–Crippen MR) is 37.3 cm³/mol. The maximum Gasteiger partial charge on any atom is 2.00 e. The third-order valence-corrected chi connectivity index (χ3v) is 1.70. The molecule has 0 rings (SSSR count). The molecule has 0 N–H and O–H groups in total. The molecule has 0 unspecified atom stereocenters. The van der Waals surface area contributed by atoms with Crippen LogP contribution >= 0.6 is 0 Å². The van der Waals surface area contributed by atoms with E-state index in [1.54, 1.807) is 0 Å². The van der Waals surface area contributed by atoms with Crippen molar-refractivity contribution in [1.29, 1.82) is 0 Å². The van der Waals surface area contributed by atoms with Crippen LogP contribution < -0.4 is 0 Å². The Balaban J connectivity index is -0.000000218. The molecule has 0 atom stereocenters. The minimum absolute atomic E-state index is 0. The minimum atomic E-state index is -6.09. The molecule has 0 aliphatic heterocycles. The molecule has 100 valence electrons. The van der Waals surface area contributed by atoms with Crippen LogP contribution in [-0.4, -0.2) is 47.1 Å². The van der Waals surface area contributed by atoms with Gasteiger partial charge in [-0.25, -0.2) is 16.8 Å². The van der Waals surface area contributed by atoms with Crippen LogP contribution in [0.25, 0.3) is 0 Å². The average molecular weight is 307 g/mol. The second-order valence-electron chi connectivity index (χ2n) is 1.80. The molecule has 0 heterocycles. The maximum atomic E-state index is 10.7. The standard InChI is InChI=1S/2CHF3O3S.Be/c2*2-1(3,4)8(5,6)7;/h2*(H,5,6,7);/q;;+2/p-2. The van der Waals surface area contributed by atoms with Gasteiger partial charge in [0.1, 0.15) is 0 Å². The molecule has 0 saturated carbocycles. The van der Waals surface area contributed by atoms with Gasteiger partial charge in [0.05, 0.1) is 0 Å². The Hall–Kier alpha value is -0.431. The fraction of sp³-hybridized carbons (Fsp3) is 1.00. The van der Waals surface area contributed by atoms with E-state index in [1.807, 2.05) is 0 Å². The van der Waals surface area contributed by atoms with E-state index in [4.69, 9.17) is 25.9 Å². The first kappa shape index (κ1) is 21.8. The first-order valence-corrected chi connectivity index (χ1v) is 5.36. The molecule has 15 heteroatoms. The normalized spacial score (nSPS) is 13.2. The number of rotatable bonds is 0. The molecule has 0 radical (unpaired) electrons. The second kappa shape index (κ2) is 5.95. The van der Waals surface area contributed by atoms with Gasteiger partial charge in [0.15, 0.2) is 20.2 Å². The topological polar surface area (TPSA) is 114 Å². The van der Waals surface area contributed by atoms with Gasteiger partial charge >= 0.3 is 21.1 Å². The molecule has 0 aliphatic carbocycles. The van der Waals surface area contributed by atoms with Gasteiger partial charge in [-0.3, -0.25) is 0 Å². The summed E-state index contributed by atoms with van der Waals surface area (Å²) in [7, 11) is -12.2. The SMILES string of the molecule is O=S(=O)([O-])C(F)(F)F.O=S(=O)([O-])C(F)(F)F.[Be+2]. The quantitative estimate of drug-likeness (QED) is 0.263. The van der Waals surface area contributed by atoms with Gasteiger partial charge in [0, 0.05) is 0 Å². The van der Waals surface area contributed by atoms with Crippen LogP contribution in [0.15, 0.2) is 0 Å². The summed E-state index contributed by atoms with van der Waals surface area (Å²) < 4.78 is 118. The summed E-state index contributed by atoms with van der Waals surface area (Å²) in [4.78, 5) is 0. The van der Waals surface area contributed by atoms with Gasteiger partial charge in [0.25, 0.3) is 0 Å². The summed E-state index contributed by atoms with van der Waals surface area (Å²) in [5.41, 5.74) is -11.3. The minimum Gasteiger partial charge on any atom is -0.741 e. The second-order valence-corrected chi connectivity index (χ2v) is 4.54. The number of hydrogen-bond donors (Lipinski definition) is 0. The fourth-order valence-corrected chi connectivity index (χ4v) is 0. The van der Waals surface area contributed by atoms with Crippen molar-refractivity contribution in [2.45, 2.75) is 11.0 Å². The zero-order chi connectivity index (χ0) is 14.0. The van der Waals surface area contributed by atoms with Crippen molar-refractivity contribution >= 4 is 30.4 Å². The van der Waals surface area contributed by atoms with Gasteiger partial charge in [-0.1, -0.05) is 0 Å². The van der Waals surface area contributed by atoms with Crippen LogP contribution in [0.5, 0.6) is 0 Å². The summed E-state index contributed by atoms with van der Waals surface area (Å²) in [5.74, 6) is 0. The monoisotopic (exact) mass is 307 g/mol. The summed E-state index contributed by atoms with van der Waals surface area (Å²) >= 11 is 0. The van der Waals surface area contributed by atoms with Crippen molar-refractivity contribution in [3.63, 3.8) is 0 Å². The third kappa shape index (κ3) is 9.29. The molecular weight excluding hydrogens is 307 g/mol. The Kier molecular flexibility index (Phi) is 7.63. The van der Waals surface area contributed by atoms with E-state index in [0.29, 0.717) is 0 Å². The van der Waals surface area contributed by atoms with Crippen molar-refractivity contribution in [2.75, 3.05) is 0 Å². The Morgan fingerprint density at radius 3 is 0.706 bits per heavy atom. The van der Waals surface area contributed by atoms with Crippen molar-refractivity contribution in [1.82, 2.24) is 0 Å². The smallest absolute Gasteiger partial charge is 0.741 e. The van der Waals surface area contributed by atoms with E-state index >= 15 is 0 Å². The summed E-state index contributed by atoms with van der Waals surface area (Å²) in [6.45, 7) is 0. The first-order valence-electron chi connectivity index (χ1n) is 2.54. The van der Waals surface area contributed by atoms with E-state index in [2.05, 4.69) is 0 Å². The van der Waals surface area contributed by atoms with E-state index in [9.17, 15) is 26.3 Å². The molecule has 6 nitrogen and oxygen atoms in total. The molecule has 0 aliphatic rings. The van der Waals surface area contributed by atoms with E-state index in [-0.39, 0.29) is 10.1 Å². The molecule has 0 spiro atoms. The zero-order valence-corrected chi connectivity index (χ0v) is 8.87. The van der Waals surface area contributed by atoms with Gasteiger partial charge in [-0.15, -0.1) is 0 Å². The van der Waals surface area contributed by atoms with Crippen molar-refractivity contribution in [3.8, 4) is 0 Å². The van der Waals surface area contributed by atoms with Gasteiger partial charge in [-0.2, -0.15) is 26.3 Å². The molecular formula is C2BeF6O6S2. The molecule has 17 heavy (non-hydrogen) atoms. The molecule has 0 fully saturated rings. The van der Waals surface area contributed by atoms with E-state index < -0.39 is 31.3 Å². The maximum absolute atomic E-state index is 10.7. The van der Waals surface area contributed by atoms with Crippen LogP contribution in [0.1, 0.15) is 0 Å². The number of hydrogen-bond acceptors (Lipinski definition) is 6. The van der Waals surface area contributed by atoms with Crippen LogP contribution in [0.2, 0.25) is 0 Å². The Morgan fingerprint density at radius 1 is 0.647 bits per heavy atom. The van der Waals surface area contributed by atoms with E-state index in [1.165, 1.54) is 0 Å². The van der Waals surface area contributed by atoms with Crippen LogP contribution in [0.3, 0.4) is 0 Å². The molecule has 0 bridgehead atoms. The van der Waals surface area contributed by atoms with E-state index in [0.717, 1.165) is 0 Å². The first-order chi connectivity index (χ1) is 6.50. The Bertz CT molecular complexity index is 374. The third-order valence-electron chi connectivity index (χ3n) is 0.567. The van der Waals surface area contributed by atoms with Crippen LogP contribution in [0.4, 0.5) is 26.3 Å². The summed E-state index contributed by atoms with van der Waals surface area (Å²) in [5, 5.41) is 0. The molecule has 0 aromatic heterocycles. The van der Waals surface area contributed by atoms with Gasteiger partial charge < -0.3 is 9.11 Å². The fourth-order valence-electron chi connectivity index (χ4n) is 0. The summed E-state index contributed by atoms with van der Waals surface area (Å²) in [6, 6.07) is 0. The van der Waals surface area contributed by atoms with Gasteiger partial charge in [0.2, 0.25) is 0 Å². The predicted octanol–water partition coefficient (Wildman–Crippen LogP) is -0.278. The van der Waals surface area contributed by atoms with Crippen molar-refractivity contribution < 1.29 is 52.3 Å². The van der Waals surface area contributed by atoms with Crippen LogP contribution in [0, 0.1) is 0 Å². The van der Waals surface area contributed by atoms with Crippen molar-refractivity contribution in [3.05, 3.63) is 0 Å². The molecule has 0 aromatic carbocycles. The van der Waals surface area contributed by atoms with Crippen LogP contribution in [-0.2, 0) is 20.2 Å². The average Bonchev–Trinajstić information content (AvgIpc) is 1.77. The summed E-state index contributed by atoms with van der Waals surface area (Å²) in [6.07, 6.45) is 0. The largest absolute Gasteiger partial charge is 2.00 e. The molecule has 0 amide bonds. The van der Waals surface area contributed by atoms with Crippen molar-refractivity contribution in [2.24, 2.45) is 0 Å². The molecule has 0 saturated heterocycles. The zero-order valence-electron chi connectivity index (χ0n) is 7.24. The number of halogens is 6. The van der Waals surface area contributed by atoms with Gasteiger partial charge in [-0.05, 0) is 0 Å². The Labute approximate surface area is 94.3 Å².